The topological polar surface area (TPSA) is 76.0 Å². The lowest BCUT2D eigenvalue weighted by molar-refractivity contribution is -0.163. The van der Waals surface area contributed by atoms with Crippen molar-refractivity contribution in [3.63, 3.8) is 0 Å². The Bertz CT molecular complexity index is 188. The summed E-state index contributed by atoms with van der Waals surface area (Å²) in [6.45, 7) is 6.40. The fourth-order valence-corrected chi connectivity index (χ4v) is 0.770. The second kappa shape index (κ2) is 6.76. The fourth-order valence-electron chi connectivity index (χ4n) is 0.770. The number of carbonyl (C=O) groups is 1. The first-order chi connectivity index (χ1) is 6.86. The molecule has 0 aliphatic heterocycles. The number of hydrogen-bond acceptors (Lipinski definition) is 4. The highest BCUT2D eigenvalue weighted by atomic mass is 16.5. The van der Waals surface area contributed by atoms with Gasteiger partial charge in [0.25, 0.3) is 0 Å². The highest BCUT2D eigenvalue weighted by Gasteiger charge is 2.29. The van der Waals surface area contributed by atoms with E-state index < -0.39 is 11.6 Å². The van der Waals surface area contributed by atoms with Crippen LogP contribution in [0.15, 0.2) is 0 Å². The second-order valence-corrected chi connectivity index (χ2v) is 4.10. The Balaban J connectivity index is 3.43. The number of rotatable bonds is 8. The van der Waals surface area contributed by atoms with E-state index in [0.29, 0.717) is 19.1 Å². The molecule has 0 aromatic carbocycles. The Labute approximate surface area is 90.0 Å². The molecule has 2 N–H and O–H groups in total. The van der Waals surface area contributed by atoms with E-state index in [1.807, 2.05) is 13.8 Å². The van der Waals surface area contributed by atoms with Gasteiger partial charge in [-0.25, -0.2) is 4.79 Å². The largest absolute Gasteiger partial charge is 0.479 e. The van der Waals surface area contributed by atoms with Crippen LogP contribution in [0.4, 0.5) is 0 Å². The van der Waals surface area contributed by atoms with E-state index in [-0.39, 0.29) is 13.2 Å². The summed E-state index contributed by atoms with van der Waals surface area (Å²) >= 11 is 0. The first-order valence-corrected chi connectivity index (χ1v) is 4.97. The minimum absolute atomic E-state index is 0.229. The molecule has 0 saturated carbocycles. The minimum Gasteiger partial charge on any atom is -0.479 e. The van der Waals surface area contributed by atoms with Crippen molar-refractivity contribution in [2.45, 2.75) is 26.4 Å². The monoisotopic (exact) mass is 220 g/mol. The van der Waals surface area contributed by atoms with E-state index >= 15 is 0 Å². The van der Waals surface area contributed by atoms with Crippen molar-refractivity contribution in [3.05, 3.63) is 0 Å². The molecule has 0 aliphatic carbocycles. The van der Waals surface area contributed by atoms with Crippen LogP contribution in [0.25, 0.3) is 0 Å². The summed E-state index contributed by atoms with van der Waals surface area (Å²) in [6.07, 6.45) is 0. The molecule has 1 unspecified atom stereocenters. The number of aliphatic hydroxyl groups is 1. The summed E-state index contributed by atoms with van der Waals surface area (Å²) in [4.78, 5) is 10.5. The van der Waals surface area contributed by atoms with E-state index in [0.717, 1.165) is 0 Å². The predicted molar refractivity (Wildman–Crippen MR) is 54.7 cm³/mol. The molecule has 0 saturated heterocycles. The average molecular weight is 220 g/mol. The standard InChI is InChI=1S/C10H20O5/c1-8(2)6-14-4-5-15-7-10(3,13)9(11)12/h8,13H,4-7H2,1-3H3,(H,11,12). The van der Waals surface area contributed by atoms with Gasteiger partial charge in [0.15, 0.2) is 5.60 Å². The molecule has 0 rings (SSSR count). The van der Waals surface area contributed by atoms with Crippen LogP contribution >= 0.6 is 0 Å². The van der Waals surface area contributed by atoms with E-state index in [2.05, 4.69) is 0 Å². The Kier molecular flexibility index (Phi) is 6.47. The first-order valence-electron chi connectivity index (χ1n) is 4.97. The third kappa shape index (κ3) is 7.30. The van der Waals surface area contributed by atoms with E-state index in [1.54, 1.807) is 0 Å². The molecule has 5 nitrogen and oxygen atoms in total. The molecule has 15 heavy (non-hydrogen) atoms. The molecule has 0 aromatic rings. The maximum absolute atomic E-state index is 10.5. The zero-order chi connectivity index (χ0) is 11.9. The number of carboxylic acid groups (broad SMARTS) is 1. The van der Waals surface area contributed by atoms with Crippen LogP contribution in [-0.4, -0.2) is 48.2 Å². The molecule has 0 fully saturated rings. The summed E-state index contributed by atoms with van der Waals surface area (Å²) in [5.74, 6) is -0.822. The highest BCUT2D eigenvalue weighted by molar-refractivity contribution is 5.76. The third-order valence-electron chi connectivity index (χ3n) is 1.67. The Morgan fingerprint density at radius 3 is 2.33 bits per heavy atom. The molecule has 0 aliphatic rings. The van der Waals surface area contributed by atoms with E-state index in [9.17, 15) is 9.90 Å². The molecule has 0 heterocycles. The molecule has 0 radical (unpaired) electrons. The van der Waals surface area contributed by atoms with E-state index in [4.69, 9.17) is 14.6 Å². The fraction of sp³-hybridized carbons (Fsp3) is 0.900. The predicted octanol–water partition coefficient (Wildman–Crippen LogP) is 0.511. The smallest absolute Gasteiger partial charge is 0.337 e. The summed E-state index contributed by atoms with van der Waals surface area (Å²) in [5, 5.41) is 17.8. The van der Waals surface area contributed by atoms with Crippen molar-refractivity contribution in [2.24, 2.45) is 5.92 Å². The number of carboxylic acids is 1. The van der Waals surface area contributed by atoms with Crippen LogP contribution in [-0.2, 0) is 14.3 Å². The quantitative estimate of drug-likeness (QED) is 0.583. The Hall–Kier alpha value is -0.650. The maximum atomic E-state index is 10.5. The first kappa shape index (κ1) is 14.3. The summed E-state index contributed by atoms with van der Waals surface area (Å²) in [7, 11) is 0. The molecular weight excluding hydrogens is 200 g/mol. The van der Waals surface area contributed by atoms with Gasteiger partial charge in [-0.1, -0.05) is 13.8 Å². The molecule has 90 valence electrons. The summed E-state index contributed by atoms with van der Waals surface area (Å²) < 4.78 is 10.2. The number of ether oxygens (including phenoxy) is 2. The van der Waals surface area contributed by atoms with Crippen LogP contribution < -0.4 is 0 Å². The molecule has 0 aromatic heterocycles. The van der Waals surface area contributed by atoms with Crippen LogP contribution in [0.3, 0.4) is 0 Å². The third-order valence-corrected chi connectivity index (χ3v) is 1.67. The number of hydrogen-bond donors (Lipinski definition) is 2. The zero-order valence-electron chi connectivity index (χ0n) is 9.52. The van der Waals surface area contributed by atoms with Crippen LogP contribution in [0.5, 0.6) is 0 Å². The second-order valence-electron chi connectivity index (χ2n) is 4.10. The van der Waals surface area contributed by atoms with Gasteiger partial charge in [0.05, 0.1) is 19.8 Å². The molecule has 1 atom stereocenters. The van der Waals surface area contributed by atoms with Gasteiger partial charge in [-0.3, -0.25) is 0 Å². The van der Waals surface area contributed by atoms with Crippen molar-refractivity contribution in [3.8, 4) is 0 Å². The maximum Gasteiger partial charge on any atom is 0.337 e. The SMILES string of the molecule is CC(C)COCCOCC(C)(O)C(=O)O. The lowest BCUT2D eigenvalue weighted by atomic mass is 10.1. The molecule has 5 heteroatoms. The van der Waals surface area contributed by atoms with Gasteiger partial charge >= 0.3 is 5.97 Å². The summed E-state index contributed by atoms with van der Waals surface area (Å²) in [5.41, 5.74) is -1.82. The number of aliphatic carboxylic acids is 1. The van der Waals surface area contributed by atoms with Crippen LogP contribution in [0.2, 0.25) is 0 Å². The van der Waals surface area contributed by atoms with Gasteiger partial charge in [-0.05, 0) is 12.8 Å². The van der Waals surface area contributed by atoms with Gasteiger partial charge in [0.1, 0.15) is 0 Å². The normalized spacial score (nSPS) is 15.3. The summed E-state index contributed by atoms with van der Waals surface area (Å²) in [6, 6.07) is 0. The van der Waals surface area contributed by atoms with Crippen LogP contribution in [0.1, 0.15) is 20.8 Å². The zero-order valence-corrected chi connectivity index (χ0v) is 9.52. The van der Waals surface area contributed by atoms with Gasteiger partial charge < -0.3 is 19.7 Å². The lowest BCUT2D eigenvalue weighted by Crippen LogP contribution is -2.40. The van der Waals surface area contributed by atoms with Crippen molar-refractivity contribution in [2.75, 3.05) is 26.4 Å². The van der Waals surface area contributed by atoms with Crippen LogP contribution in [0, 0.1) is 5.92 Å². The Morgan fingerprint density at radius 1 is 1.33 bits per heavy atom. The van der Waals surface area contributed by atoms with Crippen molar-refractivity contribution < 1.29 is 24.5 Å². The van der Waals surface area contributed by atoms with Crippen molar-refractivity contribution in [1.82, 2.24) is 0 Å². The van der Waals surface area contributed by atoms with Gasteiger partial charge in [0.2, 0.25) is 0 Å². The molecular formula is C10H20O5. The average Bonchev–Trinajstić information content (AvgIpc) is 2.10. The highest BCUT2D eigenvalue weighted by Crippen LogP contribution is 2.03. The molecule has 0 spiro atoms. The van der Waals surface area contributed by atoms with Gasteiger partial charge in [-0.15, -0.1) is 0 Å². The lowest BCUT2D eigenvalue weighted by Gasteiger charge is -2.17. The van der Waals surface area contributed by atoms with Crippen molar-refractivity contribution in [1.29, 1.82) is 0 Å². The van der Waals surface area contributed by atoms with Gasteiger partial charge in [-0.2, -0.15) is 0 Å². The van der Waals surface area contributed by atoms with E-state index in [1.165, 1.54) is 6.92 Å². The molecule has 0 bridgehead atoms. The van der Waals surface area contributed by atoms with Gasteiger partial charge in [0, 0.05) is 6.61 Å². The minimum atomic E-state index is -1.82. The Morgan fingerprint density at radius 2 is 1.87 bits per heavy atom. The molecule has 0 amide bonds. The van der Waals surface area contributed by atoms with Crippen molar-refractivity contribution >= 4 is 5.97 Å².